The van der Waals surface area contributed by atoms with Crippen LogP contribution in [0.4, 0.5) is 35.5 Å². The van der Waals surface area contributed by atoms with Crippen molar-refractivity contribution in [1.29, 1.82) is 0 Å². The molecule has 2 aromatic carbocycles. The number of hydrogen-bond acceptors (Lipinski definition) is 6. The number of hydrogen-bond donors (Lipinski definition) is 1. The second-order valence-corrected chi connectivity index (χ2v) is 10.2. The third-order valence-corrected chi connectivity index (χ3v) is 5.77. The van der Waals surface area contributed by atoms with Crippen molar-refractivity contribution in [1.82, 2.24) is 5.32 Å². The maximum absolute atomic E-state index is 13.8. The average Bonchev–Trinajstić information content (AvgIpc) is 2.84. The molecule has 42 heavy (non-hydrogen) atoms. The van der Waals surface area contributed by atoms with E-state index in [0.717, 1.165) is 31.2 Å². The molecule has 0 aliphatic heterocycles. The fourth-order valence-electron chi connectivity index (χ4n) is 3.77. The molecule has 2 rings (SSSR count). The fraction of sp³-hybridized carbons (Fsp3) is 0.464. The molecular weight excluding hydrogens is 579 g/mol. The number of rotatable bonds is 10. The predicted molar refractivity (Wildman–Crippen MR) is 135 cm³/mol. The molecule has 0 unspecified atom stereocenters. The van der Waals surface area contributed by atoms with E-state index in [-0.39, 0.29) is 18.2 Å². The van der Waals surface area contributed by atoms with Gasteiger partial charge in [-0.2, -0.15) is 26.3 Å². The van der Waals surface area contributed by atoms with E-state index in [0.29, 0.717) is 12.1 Å². The van der Waals surface area contributed by atoms with Gasteiger partial charge in [0.15, 0.2) is 11.3 Å². The Labute approximate surface area is 237 Å². The van der Waals surface area contributed by atoms with E-state index in [1.807, 2.05) is 0 Å². The normalized spacial score (nSPS) is 14.5. The van der Waals surface area contributed by atoms with Crippen LogP contribution in [0.3, 0.4) is 0 Å². The molecule has 1 N–H and O–H groups in total. The molecule has 0 spiro atoms. The number of ether oxygens (including phenoxy) is 3. The number of ketones is 1. The molecule has 0 saturated heterocycles. The van der Waals surface area contributed by atoms with E-state index in [4.69, 9.17) is 14.2 Å². The summed E-state index contributed by atoms with van der Waals surface area (Å²) in [6.45, 7) is 6.14. The number of Topliss-reactive ketones (excluding diaryl/α,β-unsaturated/α-hetero) is 1. The lowest BCUT2D eigenvalue weighted by molar-refractivity contribution is -0.148. The van der Waals surface area contributed by atoms with Gasteiger partial charge in [0.05, 0.1) is 30.4 Å². The summed E-state index contributed by atoms with van der Waals surface area (Å²) in [4.78, 5) is 38.7. The number of nitrogens with one attached hydrogen (secondary N) is 1. The standard InChI is InChI=1S/C28H30F7NO6/c1-6-40-23(38)14-22(37)26(18-7-9-21(29)10-8-18,36-24(39)42-25(3,4)5)15-41-16(2)17-11-19(27(30,31)32)13-20(12-17)28(33,34)35/h7-13,16H,6,14-15H2,1-5H3,(H,36,39)/t16-,26-/m1/s1. The highest BCUT2D eigenvalue weighted by Gasteiger charge is 2.45. The molecule has 1 amide bonds. The summed E-state index contributed by atoms with van der Waals surface area (Å²) in [5, 5.41) is 2.32. The summed E-state index contributed by atoms with van der Waals surface area (Å²) in [5.41, 5.74) is -7.22. The quantitative estimate of drug-likeness (QED) is 0.179. The predicted octanol–water partition coefficient (Wildman–Crippen LogP) is 6.88. The molecule has 0 fully saturated rings. The maximum atomic E-state index is 13.8. The molecule has 0 bridgehead atoms. The van der Waals surface area contributed by atoms with Gasteiger partial charge in [-0.05, 0) is 76.1 Å². The summed E-state index contributed by atoms with van der Waals surface area (Å²) in [7, 11) is 0. The monoisotopic (exact) mass is 609 g/mol. The van der Waals surface area contributed by atoms with Gasteiger partial charge in [0.25, 0.3) is 0 Å². The Morgan fingerprint density at radius 3 is 1.83 bits per heavy atom. The Balaban J connectivity index is 2.63. The van der Waals surface area contributed by atoms with Crippen molar-refractivity contribution in [2.45, 2.75) is 70.6 Å². The first-order chi connectivity index (χ1) is 19.2. The average molecular weight is 610 g/mol. The highest BCUT2D eigenvalue weighted by atomic mass is 19.4. The second-order valence-electron chi connectivity index (χ2n) is 10.2. The third kappa shape index (κ3) is 9.43. The Hall–Kier alpha value is -3.68. The summed E-state index contributed by atoms with van der Waals surface area (Å²) in [5.74, 6) is -2.77. The molecule has 7 nitrogen and oxygen atoms in total. The van der Waals surface area contributed by atoms with Gasteiger partial charge >= 0.3 is 24.4 Å². The van der Waals surface area contributed by atoms with Crippen molar-refractivity contribution in [3.63, 3.8) is 0 Å². The third-order valence-electron chi connectivity index (χ3n) is 5.77. The lowest BCUT2D eigenvalue weighted by Gasteiger charge is -2.35. The molecular formula is C28H30F7NO6. The van der Waals surface area contributed by atoms with Crippen LogP contribution in [0.15, 0.2) is 42.5 Å². The molecule has 2 atom stereocenters. The number of carbonyl (C=O) groups excluding carboxylic acids is 3. The zero-order valence-corrected chi connectivity index (χ0v) is 23.3. The van der Waals surface area contributed by atoms with Gasteiger partial charge in [0.1, 0.15) is 17.8 Å². The number of amides is 1. The lowest BCUT2D eigenvalue weighted by atomic mass is 9.84. The van der Waals surface area contributed by atoms with Crippen molar-refractivity contribution >= 4 is 17.8 Å². The van der Waals surface area contributed by atoms with E-state index in [1.165, 1.54) is 27.7 Å². The van der Waals surface area contributed by atoms with Gasteiger partial charge in [-0.1, -0.05) is 12.1 Å². The smallest absolute Gasteiger partial charge is 0.416 e. The zero-order chi connectivity index (χ0) is 32.1. The summed E-state index contributed by atoms with van der Waals surface area (Å²) in [6, 6.07) is 4.93. The van der Waals surface area contributed by atoms with E-state index in [1.54, 1.807) is 0 Å². The Kier molecular flexibility index (Phi) is 10.8. The van der Waals surface area contributed by atoms with Crippen molar-refractivity contribution < 1.29 is 59.3 Å². The van der Waals surface area contributed by atoms with Crippen LogP contribution in [0.2, 0.25) is 0 Å². The van der Waals surface area contributed by atoms with Crippen LogP contribution in [0, 0.1) is 5.82 Å². The lowest BCUT2D eigenvalue weighted by Crippen LogP contribution is -2.56. The second kappa shape index (κ2) is 13.1. The Bertz CT molecular complexity index is 1240. The zero-order valence-electron chi connectivity index (χ0n) is 23.3. The SMILES string of the molecule is CCOC(=O)CC(=O)[C@](CO[C@H](C)c1cc(C(F)(F)F)cc(C(F)(F)F)c1)(NC(=O)OC(C)(C)C)c1ccc(F)cc1. The first-order valence-electron chi connectivity index (χ1n) is 12.5. The van der Waals surface area contributed by atoms with Crippen LogP contribution in [-0.2, 0) is 41.7 Å². The molecule has 0 aromatic heterocycles. The van der Waals surface area contributed by atoms with Crippen molar-refractivity contribution in [2.75, 3.05) is 13.2 Å². The number of esters is 1. The largest absolute Gasteiger partial charge is 0.466 e. The minimum atomic E-state index is -5.12. The Morgan fingerprint density at radius 1 is 0.857 bits per heavy atom. The summed E-state index contributed by atoms with van der Waals surface area (Å²) in [6.07, 6.45) is -13.9. The highest BCUT2D eigenvalue weighted by molar-refractivity contribution is 6.03. The van der Waals surface area contributed by atoms with Crippen molar-refractivity contribution in [3.8, 4) is 0 Å². The van der Waals surface area contributed by atoms with E-state index in [2.05, 4.69) is 5.32 Å². The van der Waals surface area contributed by atoms with Gasteiger partial charge in [-0.25, -0.2) is 9.18 Å². The molecule has 0 saturated carbocycles. The van der Waals surface area contributed by atoms with E-state index >= 15 is 0 Å². The number of halogens is 7. The molecule has 0 aliphatic rings. The van der Waals surface area contributed by atoms with Crippen LogP contribution in [0.5, 0.6) is 0 Å². The van der Waals surface area contributed by atoms with Gasteiger partial charge in [0.2, 0.25) is 0 Å². The number of benzene rings is 2. The summed E-state index contributed by atoms with van der Waals surface area (Å²) < 4.78 is 110. The molecule has 0 heterocycles. The number of alkyl halides is 6. The van der Waals surface area contributed by atoms with Crippen LogP contribution in [-0.4, -0.2) is 36.7 Å². The first-order valence-corrected chi connectivity index (χ1v) is 12.5. The Morgan fingerprint density at radius 2 is 1.38 bits per heavy atom. The molecule has 0 radical (unpaired) electrons. The number of alkyl carbamates (subject to hydrolysis) is 1. The maximum Gasteiger partial charge on any atom is 0.416 e. The van der Waals surface area contributed by atoms with Gasteiger partial charge in [0, 0.05) is 0 Å². The number of carbonyl (C=O) groups is 3. The van der Waals surface area contributed by atoms with E-state index in [9.17, 15) is 45.1 Å². The fourth-order valence-corrected chi connectivity index (χ4v) is 3.77. The van der Waals surface area contributed by atoms with Gasteiger partial charge in [-0.15, -0.1) is 0 Å². The highest BCUT2D eigenvalue weighted by Crippen LogP contribution is 2.38. The van der Waals surface area contributed by atoms with Crippen LogP contribution in [0.1, 0.15) is 69.4 Å². The van der Waals surface area contributed by atoms with Crippen LogP contribution >= 0.6 is 0 Å². The van der Waals surface area contributed by atoms with Gasteiger partial charge < -0.3 is 19.5 Å². The van der Waals surface area contributed by atoms with Crippen LogP contribution in [0.25, 0.3) is 0 Å². The molecule has 2 aromatic rings. The topological polar surface area (TPSA) is 90.9 Å². The molecule has 0 aliphatic carbocycles. The van der Waals surface area contributed by atoms with Gasteiger partial charge in [-0.3, -0.25) is 9.59 Å². The minimum Gasteiger partial charge on any atom is -0.466 e. The van der Waals surface area contributed by atoms with Crippen molar-refractivity contribution in [2.24, 2.45) is 0 Å². The van der Waals surface area contributed by atoms with Crippen LogP contribution < -0.4 is 5.32 Å². The van der Waals surface area contributed by atoms with E-state index < -0.39 is 83.0 Å². The minimum absolute atomic E-state index is 0.0496. The molecule has 14 heteroatoms. The first kappa shape index (κ1) is 34.5. The molecule has 232 valence electrons. The van der Waals surface area contributed by atoms with Crippen molar-refractivity contribution in [3.05, 3.63) is 70.5 Å². The summed E-state index contributed by atoms with van der Waals surface area (Å²) >= 11 is 0.